The number of carbonyl (C=O) groups excluding carboxylic acids is 4. The van der Waals surface area contributed by atoms with E-state index < -0.39 is 36.2 Å². The van der Waals surface area contributed by atoms with Crippen LogP contribution in [0.4, 0.5) is 0 Å². The fourth-order valence-corrected chi connectivity index (χ4v) is 2.91. The Bertz CT molecular complexity index is 971. The first-order chi connectivity index (χ1) is 17.5. The molecule has 0 fully saturated rings. The minimum Gasteiger partial charge on any atom is -0.459 e. The second-order valence-corrected chi connectivity index (χ2v) is 10.9. The molecule has 0 radical (unpaired) electrons. The van der Waals surface area contributed by atoms with Crippen molar-refractivity contribution in [2.45, 2.75) is 93.9 Å². The molecule has 9 heteroatoms. The van der Waals surface area contributed by atoms with Crippen LogP contribution in [0.3, 0.4) is 0 Å². The molecule has 1 aromatic carbocycles. The van der Waals surface area contributed by atoms with Crippen LogP contribution < -0.4 is 15.2 Å². The van der Waals surface area contributed by atoms with E-state index in [0.29, 0.717) is 5.56 Å². The zero-order chi connectivity index (χ0) is 29.3. The summed E-state index contributed by atoms with van der Waals surface area (Å²) >= 11 is 0. The highest BCUT2D eigenvalue weighted by atomic mass is 16.6. The first kappa shape index (κ1) is 33.1. The standard InChI is InChI=1S/C29H45NO8/c1-15(2)18(7)27(32)37-24-12-11-22(14-25(24)38-28(33)19(8)16(3)4)13-23(30)29(34)36-21(10)20(9)35-26(31)17(5)6/h11-12,14-21,23H,13,30H2,1-10H3/t18?,19?,20-,21-,23-/m0/s1. The lowest BCUT2D eigenvalue weighted by atomic mass is 9.98. The van der Waals surface area contributed by atoms with Crippen molar-refractivity contribution in [1.29, 1.82) is 0 Å². The number of carbonyl (C=O) groups is 4. The minimum absolute atomic E-state index is 0.0463. The monoisotopic (exact) mass is 535 g/mol. The zero-order valence-corrected chi connectivity index (χ0v) is 24.4. The fourth-order valence-electron chi connectivity index (χ4n) is 2.91. The van der Waals surface area contributed by atoms with E-state index >= 15 is 0 Å². The van der Waals surface area contributed by atoms with Crippen LogP contribution in [0.15, 0.2) is 18.2 Å². The Morgan fingerprint density at radius 1 is 0.658 bits per heavy atom. The van der Waals surface area contributed by atoms with Gasteiger partial charge in [0.25, 0.3) is 0 Å². The Morgan fingerprint density at radius 3 is 1.55 bits per heavy atom. The third-order valence-corrected chi connectivity index (χ3v) is 6.67. The Kier molecular flexibility index (Phi) is 12.9. The second-order valence-electron chi connectivity index (χ2n) is 10.9. The van der Waals surface area contributed by atoms with Crippen molar-refractivity contribution in [1.82, 2.24) is 0 Å². The van der Waals surface area contributed by atoms with Crippen LogP contribution in [0.1, 0.15) is 74.8 Å². The van der Waals surface area contributed by atoms with Crippen molar-refractivity contribution in [2.24, 2.45) is 35.3 Å². The molecule has 0 saturated carbocycles. The maximum Gasteiger partial charge on any atom is 0.323 e. The molecule has 2 unspecified atom stereocenters. The fraction of sp³-hybridized carbons (Fsp3) is 0.655. The summed E-state index contributed by atoms with van der Waals surface area (Å²) in [5.41, 5.74) is 6.68. The highest BCUT2D eigenvalue weighted by Crippen LogP contribution is 2.31. The quantitative estimate of drug-likeness (QED) is 0.287. The topological polar surface area (TPSA) is 131 Å². The molecular formula is C29H45NO8. The smallest absolute Gasteiger partial charge is 0.323 e. The third kappa shape index (κ3) is 10.1. The van der Waals surface area contributed by atoms with Gasteiger partial charge in [0.15, 0.2) is 11.5 Å². The lowest BCUT2D eigenvalue weighted by Gasteiger charge is -2.23. The average Bonchev–Trinajstić information content (AvgIpc) is 2.83. The van der Waals surface area contributed by atoms with Gasteiger partial charge < -0.3 is 24.7 Å². The van der Waals surface area contributed by atoms with Gasteiger partial charge in [-0.05, 0) is 49.8 Å². The van der Waals surface area contributed by atoms with Crippen LogP contribution in [0.5, 0.6) is 11.5 Å². The van der Waals surface area contributed by atoms with Crippen LogP contribution in [0.25, 0.3) is 0 Å². The molecule has 1 rings (SSSR count). The molecule has 0 spiro atoms. The lowest BCUT2D eigenvalue weighted by Crippen LogP contribution is -2.39. The van der Waals surface area contributed by atoms with Crippen molar-refractivity contribution in [3.8, 4) is 11.5 Å². The first-order valence-corrected chi connectivity index (χ1v) is 13.3. The summed E-state index contributed by atoms with van der Waals surface area (Å²) in [6, 6.07) is 3.68. The van der Waals surface area contributed by atoms with Gasteiger partial charge in [-0.2, -0.15) is 0 Å². The van der Waals surface area contributed by atoms with Crippen LogP contribution in [0, 0.1) is 29.6 Å². The number of nitrogens with two attached hydrogens (primary N) is 1. The molecule has 0 aliphatic carbocycles. The molecule has 0 bridgehead atoms. The molecule has 1 aromatic rings. The summed E-state index contributed by atoms with van der Waals surface area (Å²) in [6.07, 6.45) is -1.26. The van der Waals surface area contributed by atoms with Gasteiger partial charge in [0.05, 0.1) is 17.8 Å². The predicted molar refractivity (Wildman–Crippen MR) is 143 cm³/mol. The second kappa shape index (κ2) is 14.9. The van der Waals surface area contributed by atoms with E-state index in [0.717, 1.165) is 0 Å². The lowest BCUT2D eigenvalue weighted by molar-refractivity contribution is -0.168. The van der Waals surface area contributed by atoms with Crippen molar-refractivity contribution < 1.29 is 38.1 Å². The number of benzene rings is 1. The van der Waals surface area contributed by atoms with Gasteiger partial charge in [0, 0.05) is 0 Å². The van der Waals surface area contributed by atoms with Gasteiger partial charge in [-0.1, -0.05) is 61.5 Å². The first-order valence-electron chi connectivity index (χ1n) is 13.3. The molecular weight excluding hydrogens is 490 g/mol. The van der Waals surface area contributed by atoms with Gasteiger partial charge in [0.2, 0.25) is 0 Å². The van der Waals surface area contributed by atoms with E-state index in [1.165, 1.54) is 12.1 Å². The van der Waals surface area contributed by atoms with E-state index in [4.69, 9.17) is 24.7 Å². The predicted octanol–water partition coefficient (Wildman–Crippen LogP) is 4.47. The summed E-state index contributed by atoms with van der Waals surface area (Å²) in [7, 11) is 0. The van der Waals surface area contributed by atoms with E-state index in [1.54, 1.807) is 47.6 Å². The number of hydrogen-bond donors (Lipinski definition) is 1. The van der Waals surface area contributed by atoms with Gasteiger partial charge in [0.1, 0.15) is 18.2 Å². The zero-order valence-electron chi connectivity index (χ0n) is 24.4. The summed E-state index contributed by atoms with van der Waals surface area (Å²) in [4.78, 5) is 49.7. The Morgan fingerprint density at radius 2 is 1.11 bits per heavy atom. The summed E-state index contributed by atoms with van der Waals surface area (Å²) in [5.74, 6) is -2.71. The molecule has 214 valence electrons. The van der Waals surface area contributed by atoms with E-state index in [2.05, 4.69) is 0 Å². The summed E-state index contributed by atoms with van der Waals surface area (Å²) < 4.78 is 21.9. The van der Waals surface area contributed by atoms with E-state index in [9.17, 15) is 19.2 Å². The maximum atomic E-state index is 12.7. The molecule has 0 heterocycles. The number of hydrogen-bond acceptors (Lipinski definition) is 9. The van der Waals surface area contributed by atoms with Crippen LogP contribution in [-0.4, -0.2) is 42.1 Å². The molecule has 9 nitrogen and oxygen atoms in total. The third-order valence-electron chi connectivity index (χ3n) is 6.67. The molecule has 0 aromatic heterocycles. The molecule has 0 saturated heterocycles. The van der Waals surface area contributed by atoms with Gasteiger partial charge in [-0.25, -0.2) is 0 Å². The number of esters is 4. The van der Waals surface area contributed by atoms with E-state index in [-0.39, 0.29) is 53.5 Å². The van der Waals surface area contributed by atoms with Gasteiger partial charge in [-0.15, -0.1) is 0 Å². The van der Waals surface area contributed by atoms with Crippen molar-refractivity contribution in [2.75, 3.05) is 0 Å². The van der Waals surface area contributed by atoms with Crippen LogP contribution in [-0.2, 0) is 35.1 Å². The molecule has 0 amide bonds. The number of rotatable bonds is 13. The molecule has 5 atom stereocenters. The molecule has 38 heavy (non-hydrogen) atoms. The van der Waals surface area contributed by atoms with Crippen molar-refractivity contribution in [3.63, 3.8) is 0 Å². The average molecular weight is 536 g/mol. The highest BCUT2D eigenvalue weighted by molar-refractivity contribution is 5.79. The SMILES string of the molecule is CC(C)C(=O)O[C@@H](C)[C@H](C)OC(=O)[C@@H](N)Cc1ccc(OC(=O)C(C)C(C)C)c(OC(=O)C(C)C(C)C)c1. The Hall–Kier alpha value is -2.94. The Balaban J connectivity index is 3.05. The highest BCUT2D eigenvalue weighted by Gasteiger charge is 2.27. The molecule has 0 aliphatic heterocycles. The van der Waals surface area contributed by atoms with Gasteiger partial charge >= 0.3 is 23.9 Å². The van der Waals surface area contributed by atoms with Crippen molar-refractivity contribution >= 4 is 23.9 Å². The van der Waals surface area contributed by atoms with Crippen LogP contribution >= 0.6 is 0 Å². The van der Waals surface area contributed by atoms with E-state index in [1.807, 2.05) is 27.7 Å². The van der Waals surface area contributed by atoms with Gasteiger partial charge in [-0.3, -0.25) is 19.2 Å². The minimum atomic E-state index is -1.03. The molecule has 0 aliphatic rings. The van der Waals surface area contributed by atoms with Crippen LogP contribution in [0.2, 0.25) is 0 Å². The summed E-state index contributed by atoms with van der Waals surface area (Å²) in [5, 5.41) is 0. The number of ether oxygens (including phenoxy) is 4. The maximum absolute atomic E-state index is 12.7. The largest absolute Gasteiger partial charge is 0.459 e. The Labute approximate surface area is 226 Å². The van der Waals surface area contributed by atoms with Crippen molar-refractivity contribution in [3.05, 3.63) is 23.8 Å². The normalized spacial score (nSPS) is 15.4. The molecule has 2 N–H and O–H groups in total. The summed E-state index contributed by atoms with van der Waals surface area (Å²) in [6.45, 7) is 17.9.